The van der Waals surface area contributed by atoms with Crippen molar-refractivity contribution in [2.45, 2.75) is 76.7 Å². The molecule has 4 fully saturated rings. The predicted octanol–water partition coefficient (Wildman–Crippen LogP) is 3.95. The molecular formula is C36H41NO7. The van der Waals surface area contributed by atoms with Crippen molar-refractivity contribution >= 4 is 17.3 Å². The third kappa shape index (κ3) is 4.15. The minimum absolute atomic E-state index is 0.00533. The molecular weight excluding hydrogens is 558 g/mol. The van der Waals surface area contributed by atoms with Crippen molar-refractivity contribution in [3.05, 3.63) is 88.5 Å². The lowest BCUT2D eigenvalue weighted by Crippen LogP contribution is -2.63. The van der Waals surface area contributed by atoms with Crippen molar-refractivity contribution in [3.63, 3.8) is 0 Å². The Morgan fingerprint density at radius 3 is 2.68 bits per heavy atom. The van der Waals surface area contributed by atoms with Crippen LogP contribution in [0, 0.1) is 28.6 Å². The van der Waals surface area contributed by atoms with Gasteiger partial charge in [-0.05, 0) is 73.3 Å². The van der Waals surface area contributed by atoms with Crippen LogP contribution >= 0.6 is 0 Å². The third-order valence-corrected chi connectivity index (χ3v) is 11.8. The Hall–Kier alpha value is -3.14. The Bertz CT molecular complexity index is 1580. The lowest BCUT2D eigenvalue weighted by molar-refractivity contribution is -0.201. The van der Waals surface area contributed by atoms with E-state index in [9.17, 15) is 24.9 Å². The molecule has 1 aliphatic heterocycles. The van der Waals surface area contributed by atoms with Crippen LogP contribution in [0.25, 0.3) is 0 Å². The molecule has 0 bridgehead atoms. The molecule has 9 atom stereocenters. The van der Waals surface area contributed by atoms with Crippen LogP contribution < -0.4 is 5.73 Å². The highest BCUT2D eigenvalue weighted by atomic mass is 16.7. The number of ether oxygens (including phenoxy) is 2. The topological polar surface area (TPSA) is 139 Å². The van der Waals surface area contributed by atoms with Crippen molar-refractivity contribution in [2.75, 3.05) is 12.3 Å². The quantitative estimate of drug-likeness (QED) is 0.366. The van der Waals surface area contributed by atoms with Crippen molar-refractivity contribution in [1.29, 1.82) is 0 Å². The number of carbonyl (C=O) groups excluding carboxylic acids is 2. The number of aliphatic hydroxyl groups excluding tert-OH is 3. The highest BCUT2D eigenvalue weighted by molar-refractivity contribution is 6.01. The van der Waals surface area contributed by atoms with Crippen LogP contribution in [0.2, 0.25) is 0 Å². The largest absolute Gasteiger partial charge is 0.398 e. The number of ketones is 2. The first-order valence-corrected chi connectivity index (χ1v) is 15.7. The number of benzene rings is 2. The number of fused-ring (bicyclic) bond motifs is 7. The van der Waals surface area contributed by atoms with Gasteiger partial charge in [0.05, 0.1) is 18.8 Å². The highest BCUT2D eigenvalue weighted by Crippen LogP contribution is 2.70. The maximum absolute atomic E-state index is 13.8. The molecule has 0 unspecified atom stereocenters. The smallest absolute Gasteiger partial charge is 0.193 e. The number of nitrogens with two attached hydrogens (primary N) is 1. The summed E-state index contributed by atoms with van der Waals surface area (Å²) in [6.07, 6.45) is 6.39. The van der Waals surface area contributed by atoms with Crippen molar-refractivity contribution in [3.8, 4) is 0 Å². The van der Waals surface area contributed by atoms with E-state index in [2.05, 4.69) is 6.92 Å². The van der Waals surface area contributed by atoms with Gasteiger partial charge < -0.3 is 30.5 Å². The van der Waals surface area contributed by atoms with Crippen LogP contribution in [0.3, 0.4) is 0 Å². The fourth-order valence-electron chi connectivity index (χ4n) is 9.83. The van der Waals surface area contributed by atoms with E-state index in [0.717, 1.165) is 35.1 Å². The van der Waals surface area contributed by atoms with Gasteiger partial charge in [-0.1, -0.05) is 61.9 Å². The fraction of sp³-hybridized carbons (Fsp3) is 0.500. The maximum atomic E-state index is 13.8. The molecule has 0 spiro atoms. The molecule has 8 nitrogen and oxygen atoms in total. The van der Waals surface area contributed by atoms with Gasteiger partial charge in [0.25, 0.3) is 0 Å². The van der Waals surface area contributed by atoms with Gasteiger partial charge in [-0.15, -0.1) is 0 Å². The minimum atomic E-state index is -1.39. The molecule has 232 valence electrons. The molecule has 7 rings (SSSR count). The Labute approximate surface area is 257 Å². The summed E-state index contributed by atoms with van der Waals surface area (Å²) in [5.41, 5.74) is 8.53. The second-order valence-corrected chi connectivity index (χ2v) is 14.0. The molecule has 5 N–H and O–H groups in total. The third-order valence-electron chi connectivity index (χ3n) is 11.8. The average molecular weight is 600 g/mol. The first kappa shape index (κ1) is 29.6. The second-order valence-electron chi connectivity index (χ2n) is 14.0. The molecule has 2 aromatic carbocycles. The average Bonchev–Trinajstić information content (AvgIpc) is 3.51. The van der Waals surface area contributed by atoms with Gasteiger partial charge >= 0.3 is 0 Å². The lowest BCUT2D eigenvalue weighted by atomic mass is 9.46. The zero-order valence-corrected chi connectivity index (χ0v) is 25.2. The SMILES string of the molecule is C[C@]12C=CC(=O)C=C1CC[C@@H]1[C@@H]2[C@@H](O)C[C@@]2(C)[C@H]1C[C@H]1O[C@@H](c3cccc(Cc4ccc(N)c(CO)c4)c3)O[C@]12C(=O)CO. The molecule has 5 aliphatic rings. The van der Waals surface area contributed by atoms with Gasteiger partial charge in [-0.3, -0.25) is 9.59 Å². The molecule has 1 saturated heterocycles. The number of carbonyl (C=O) groups is 2. The number of Topliss-reactive ketones (excluding diaryl/α,β-unsaturated/α-hetero) is 1. The van der Waals surface area contributed by atoms with E-state index in [4.69, 9.17) is 15.2 Å². The molecule has 1 heterocycles. The van der Waals surface area contributed by atoms with Gasteiger partial charge in [0, 0.05) is 33.6 Å². The summed E-state index contributed by atoms with van der Waals surface area (Å²) in [4.78, 5) is 26.0. The summed E-state index contributed by atoms with van der Waals surface area (Å²) in [5.74, 6) is -0.345. The Morgan fingerprint density at radius 1 is 1.11 bits per heavy atom. The molecule has 4 aliphatic carbocycles. The summed E-state index contributed by atoms with van der Waals surface area (Å²) in [7, 11) is 0. The van der Waals surface area contributed by atoms with E-state index in [1.165, 1.54) is 0 Å². The molecule has 0 amide bonds. The molecule has 0 radical (unpaired) electrons. The standard InChI is InChI=1S/C36H41NO7/c1-34-11-10-25(40)15-24(34)7-8-26-27-16-31-36(30(42)19-39,35(27,2)17-29(41)32(26)34)44-33(43-31)22-5-3-4-20(13-22)12-21-6-9-28(37)23(14-21)18-38/h3-6,9-11,13-15,26-27,29,31-33,38-39,41H,7-8,12,16-19,37H2,1-2H3/t26-,27-,29-,31+,32+,33+,34-,35-,36+/m0/s1. The van der Waals surface area contributed by atoms with Crippen LogP contribution in [-0.4, -0.2) is 51.3 Å². The lowest BCUT2D eigenvalue weighted by Gasteiger charge is -2.59. The molecule has 0 aromatic heterocycles. The maximum Gasteiger partial charge on any atom is 0.193 e. The number of nitrogen functional groups attached to an aromatic ring is 1. The van der Waals surface area contributed by atoms with Gasteiger partial charge in [0.15, 0.2) is 23.5 Å². The highest BCUT2D eigenvalue weighted by Gasteiger charge is 2.75. The molecule has 2 aromatic rings. The van der Waals surface area contributed by atoms with Gasteiger partial charge in [0.2, 0.25) is 0 Å². The minimum Gasteiger partial charge on any atom is -0.398 e. The van der Waals surface area contributed by atoms with Gasteiger partial charge in [-0.2, -0.15) is 0 Å². The monoisotopic (exact) mass is 599 g/mol. The molecule has 8 heteroatoms. The van der Waals surface area contributed by atoms with Crippen LogP contribution in [0.1, 0.15) is 68.1 Å². The second kappa shape index (κ2) is 10.5. The molecule has 3 saturated carbocycles. The van der Waals surface area contributed by atoms with Crippen molar-refractivity contribution in [1.82, 2.24) is 0 Å². The summed E-state index contributed by atoms with van der Waals surface area (Å²) in [6.45, 7) is 3.37. The van der Waals surface area contributed by atoms with Crippen LogP contribution in [0.4, 0.5) is 5.69 Å². The van der Waals surface area contributed by atoms with E-state index >= 15 is 0 Å². The van der Waals surface area contributed by atoms with Crippen LogP contribution in [0.5, 0.6) is 0 Å². The van der Waals surface area contributed by atoms with Gasteiger partial charge in [-0.25, -0.2) is 0 Å². The predicted molar refractivity (Wildman–Crippen MR) is 163 cm³/mol. The van der Waals surface area contributed by atoms with Crippen molar-refractivity contribution in [2.24, 2.45) is 28.6 Å². The number of hydrogen-bond acceptors (Lipinski definition) is 8. The molecule has 44 heavy (non-hydrogen) atoms. The van der Waals surface area contributed by atoms with Crippen LogP contribution in [0.15, 0.2) is 66.3 Å². The number of aliphatic hydroxyl groups is 3. The van der Waals surface area contributed by atoms with Gasteiger partial charge in [0.1, 0.15) is 6.61 Å². The number of rotatable bonds is 6. The zero-order chi connectivity index (χ0) is 31.0. The first-order chi connectivity index (χ1) is 21.0. The first-order valence-electron chi connectivity index (χ1n) is 15.7. The fourth-order valence-corrected chi connectivity index (χ4v) is 9.83. The van der Waals surface area contributed by atoms with E-state index in [-0.39, 0.29) is 30.1 Å². The van der Waals surface area contributed by atoms with E-state index in [1.807, 2.05) is 49.4 Å². The van der Waals surface area contributed by atoms with E-state index in [1.54, 1.807) is 18.2 Å². The Balaban J connectivity index is 1.19. The van der Waals surface area contributed by atoms with Crippen molar-refractivity contribution < 1.29 is 34.4 Å². The van der Waals surface area contributed by atoms with E-state index in [0.29, 0.717) is 30.5 Å². The summed E-state index contributed by atoms with van der Waals surface area (Å²) in [5, 5.41) is 31.7. The normalized spacial score (nSPS) is 38.8. The number of anilines is 1. The van der Waals surface area contributed by atoms with Crippen LogP contribution in [-0.2, 0) is 32.1 Å². The summed E-state index contributed by atoms with van der Waals surface area (Å²) < 4.78 is 13.4. The summed E-state index contributed by atoms with van der Waals surface area (Å²) >= 11 is 0. The summed E-state index contributed by atoms with van der Waals surface area (Å²) in [6, 6.07) is 13.5. The van der Waals surface area contributed by atoms with E-state index < -0.39 is 47.3 Å². The Morgan fingerprint density at radius 2 is 1.91 bits per heavy atom. The number of hydrogen-bond donors (Lipinski definition) is 4. The number of allylic oxidation sites excluding steroid dienone is 4. The Kier molecular flexibility index (Phi) is 7.03. The zero-order valence-electron chi connectivity index (χ0n) is 25.2.